The van der Waals surface area contributed by atoms with Crippen molar-refractivity contribution in [2.24, 2.45) is 0 Å². The summed E-state index contributed by atoms with van der Waals surface area (Å²) >= 11 is 5.00. The van der Waals surface area contributed by atoms with Gasteiger partial charge in [0.2, 0.25) is 5.91 Å². The van der Waals surface area contributed by atoms with Crippen LogP contribution >= 0.6 is 27.3 Å². The Balaban J connectivity index is 1.34. The van der Waals surface area contributed by atoms with E-state index in [9.17, 15) is 4.79 Å². The van der Waals surface area contributed by atoms with Crippen molar-refractivity contribution in [2.45, 2.75) is 44.3 Å². The maximum Gasteiger partial charge on any atom is 0.225 e. The van der Waals surface area contributed by atoms with Crippen LogP contribution in [0.5, 0.6) is 0 Å². The topological polar surface area (TPSA) is 126 Å². The van der Waals surface area contributed by atoms with Gasteiger partial charge in [0, 0.05) is 19.8 Å². The molecule has 3 aromatic rings. The monoisotopic (exact) mass is 537 g/mol. The highest BCUT2D eigenvalue weighted by Crippen LogP contribution is 2.34. The summed E-state index contributed by atoms with van der Waals surface area (Å²) in [5.74, 6) is 0.0254. The third-order valence-electron chi connectivity index (χ3n) is 6.26. The Morgan fingerprint density at radius 2 is 2.12 bits per heavy atom. The van der Waals surface area contributed by atoms with Gasteiger partial charge in [-0.3, -0.25) is 4.79 Å². The Bertz CT molecular complexity index is 1100. The van der Waals surface area contributed by atoms with Crippen molar-refractivity contribution in [3.05, 3.63) is 32.7 Å². The minimum Gasteiger partial charge on any atom is -0.381 e. The Morgan fingerprint density at radius 3 is 2.85 bits per heavy atom. The zero-order valence-electron chi connectivity index (χ0n) is 18.1. The lowest BCUT2D eigenvalue weighted by Crippen LogP contribution is -2.49. The van der Waals surface area contributed by atoms with Crippen LogP contribution in [0.15, 0.2) is 16.4 Å². The lowest BCUT2D eigenvalue weighted by molar-refractivity contribution is -0.144. The summed E-state index contributed by atoms with van der Waals surface area (Å²) in [6, 6.07) is -0.292. The first kappa shape index (κ1) is 22.5. The molecule has 0 aliphatic carbocycles. The number of halogens is 1. The molecule has 33 heavy (non-hydrogen) atoms. The van der Waals surface area contributed by atoms with Gasteiger partial charge < -0.3 is 14.4 Å². The van der Waals surface area contributed by atoms with E-state index in [-0.39, 0.29) is 11.9 Å². The fraction of sp³-hybridized carbons (Fsp3) is 0.632. The summed E-state index contributed by atoms with van der Waals surface area (Å²) in [6.45, 7) is 5.07. The van der Waals surface area contributed by atoms with Crippen molar-refractivity contribution in [1.82, 2.24) is 45.1 Å². The Hall–Kier alpha value is -2.29. The summed E-state index contributed by atoms with van der Waals surface area (Å²) < 4.78 is 15.6. The average Bonchev–Trinajstić information content (AvgIpc) is 3.57. The van der Waals surface area contributed by atoms with E-state index in [1.54, 1.807) is 27.0 Å². The molecule has 0 spiro atoms. The van der Waals surface area contributed by atoms with E-state index >= 15 is 0 Å². The maximum atomic E-state index is 13.6. The quantitative estimate of drug-likeness (QED) is 0.457. The number of morpholine rings is 1. The first-order chi connectivity index (χ1) is 16.0. The molecule has 176 valence electrons. The third kappa shape index (κ3) is 4.69. The smallest absolute Gasteiger partial charge is 0.225 e. The zero-order valence-corrected chi connectivity index (χ0v) is 20.5. The second-order valence-electron chi connectivity index (χ2n) is 8.26. The maximum absolute atomic E-state index is 13.6. The number of rotatable bonds is 6. The fourth-order valence-corrected chi connectivity index (χ4v) is 6.01. The van der Waals surface area contributed by atoms with E-state index in [4.69, 9.17) is 9.47 Å². The molecule has 1 unspecified atom stereocenters. The molecule has 2 saturated heterocycles. The lowest BCUT2D eigenvalue weighted by atomic mass is 9.86. The molecule has 3 aromatic heterocycles. The molecule has 5 heterocycles. The predicted octanol–water partition coefficient (Wildman–Crippen LogP) is 1.34. The largest absolute Gasteiger partial charge is 0.381 e. The van der Waals surface area contributed by atoms with Crippen molar-refractivity contribution < 1.29 is 14.3 Å². The van der Waals surface area contributed by atoms with E-state index < -0.39 is 5.54 Å². The Morgan fingerprint density at radius 1 is 1.27 bits per heavy atom. The molecule has 0 aromatic carbocycles. The van der Waals surface area contributed by atoms with E-state index in [1.165, 1.54) is 0 Å². The molecule has 5 rings (SSSR count). The van der Waals surface area contributed by atoms with E-state index in [1.807, 2.05) is 18.0 Å². The molecule has 2 fully saturated rings. The van der Waals surface area contributed by atoms with Gasteiger partial charge in [-0.1, -0.05) is 5.21 Å². The lowest BCUT2D eigenvalue weighted by Gasteiger charge is -2.40. The molecule has 14 heteroatoms. The highest BCUT2D eigenvalue weighted by atomic mass is 79.9. The minimum atomic E-state index is -0.490. The molecular formula is C19H24BrN9O3S. The molecule has 1 atom stereocenters. The van der Waals surface area contributed by atoms with Crippen LogP contribution in [0.3, 0.4) is 0 Å². The summed E-state index contributed by atoms with van der Waals surface area (Å²) in [4.78, 5) is 20.9. The van der Waals surface area contributed by atoms with Crippen molar-refractivity contribution in [3.8, 4) is 0 Å². The molecule has 12 nitrogen and oxygen atoms in total. The van der Waals surface area contributed by atoms with Crippen LogP contribution in [0.1, 0.15) is 41.6 Å². The summed E-state index contributed by atoms with van der Waals surface area (Å²) in [6.07, 6.45) is 5.12. The van der Waals surface area contributed by atoms with Crippen LogP contribution in [0.25, 0.3) is 0 Å². The molecule has 0 bridgehead atoms. The SMILES string of the molecule is Cc1nc(Br)sc1Cn1cc(C2COCCN2C(=O)CC2(n3cnnn3)CCOCC2)nn1. The Labute approximate surface area is 202 Å². The first-order valence-electron chi connectivity index (χ1n) is 10.7. The molecule has 2 aliphatic rings. The van der Waals surface area contributed by atoms with Gasteiger partial charge in [0.1, 0.15) is 18.1 Å². The third-order valence-corrected chi connectivity index (χ3v) is 7.85. The number of hydrogen-bond donors (Lipinski definition) is 0. The van der Waals surface area contributed by atoms with Crippen LogP contribution in [-0.2, 0) is 26.4 Å². The number of carbonyl (C=O) groups is 1. The van der Waals surface area contributed by atoms with Crippen LogP contribution in [0.4, 0.5) is 0 Å². The fourth-order valence-electron chi connectivity index (χ4n) is 4.38. The molecular weight excluding hydrogens is 514 g/mol. The van der Waals surface area contributed by atoms with Gasteiger partial charge in [0.15, 0.2) is 3.92 Å². The summed E-state index contributed by atoms with van der Waals surface area (Å²) in [7, 11) is 0. The first-order valence-corrected chi connectivity index (χ1v) is 12.4. The minimum absolute atomic E-state index is 0.0254. The molecule has 0 N–H and O–H groups in total. The Kier molecular flexibility index (Phi) is 6.49. The average molecular weight is 538 g/mol. The van der Waals surface area contributed by atoms with E-state index in [0.29, 0.717) is 64.5 Å². The van der Waals surface area contributed by atoms with E-state index in [2.05, 4.69) is 46.8 Å². The number of aryl methyl sites for hydroxylation is 1. The number of carbonyl (C=O) groups excluding carboxylic acids is 1. The number of tetrazole rings is 1. The second-order valence-corrected chi connectivity index (χ2v) is 10.6. The van der Waals surface area contributed by atoms with Gasteiger partial charge >= 0.3 is 0 Å². The van der Waals surface area contributed by atoms with Crippen molar-refractivity contribution in [3.63, 3.8) is 0 Å². The number of nitrogens with zero attached hydrogens (tertiary/aromatic N) is 9. The second kappa shape index (κ2) is 9.52. The van der Waals surface area contributed by atoms with Crippen LogP contribution in [0.2, 0.25) is 0 Å². The van der Waals surface area contributed by atoms with Gasteiger partial charge in [0.25, 0.3) is 0 Å². The number of amides is 1. The predicted molar refractivity (Wildman–Crippen MR) is 119 cm³/mol. The van der Waals surface area contributed by atoms with Crippen molar-refractivity contribution >= 4 is 33.2 Å². The molecule has 2 aliphatic heterocycles. The normalized spacial score (nSPS) is 20.8. The highest BCUT2D eigenvalue weighted by Gasteiger charge is 2.41. The van der Waals surface area contributed by atoms with Gasteiger partial charge in [-0.2, -0.15) is 0 Å². The van der Waals surface area contributed by atoms with Crippen LogP contribution in [0, 0.1) is 6.92 Å². The van der Waals surface area contributed by atoms with Crippen molar-refractivity contribution in [2.75, 3.05) is 33.0 Å². The van der Waals surface area contributed by atoms with Crippen LogP contribution < -0.4 is 0 Å². The zero-order chi connectivity index (χ0) is 22.8. The summed E-state index contributed by atoms with van der Waals surface area (Å²) in [5, 5.41) is 20.4. The van der Waals surface area contributed by atoms with Crippen LogP contribution in [-0.4, -0.2) is 84.0 Å². The van der Waals surface area contributed by atoms with E-state index in [0.717, 1.165) is 14.5 Å². The molecule has 1 amide bonds. The van der Waals surface area contributed by atoms with Gasteiger partial charge in [-0.15, -0.1) is 21.5 Å². The molecule has 0 radical (unpaired) electrons. The van der Waals surface area contributed by atoms with Gasteiger partial charge in [0.05, 0.1) is 48.5 Å². The number of aromatic nitrogens is 8. The summed E-state index contributed by atoms with van der Waals surface area (Å²) in [5.41, 5.74) is 1.19. The number of ether oxygens (including phenoxy) is 2. The van der Waals surface area contributed by atoms with Crippen molar-refractivity contribution in [1.29, 1.82) is 0 Å². The van der Waals surface area contributed by atoms with Gasteiger partial charge in [-0.05, 0) is 46.1 Å². The molecule has 0 saturated carbocycles. The number of thiazole rings is 1. The highest BCUT2D eigenvalue weighted by molar-refractivity contribution is 9.11. The standard InChI is InChI=1S/C19H24BrN9O3S/c1-13-16(33-18(20)22-13)10-27-9-14(23-25-27)15-11-32-7-4-28(15)17(30)8-19(2-5-31-6-3-19)29-12-21-24-26-29/h9,12,15H,2-8,10-11H2,1H3. The van der Waals surface area contributed by atoms with Gasteiger partial charge in [-0.25, -0.2) is 14.3 Å². The number of hydrogen-bond acceptors (Lipinski definition) is 10.